The number of hydrogen-bond donors (Lipinski definition) is 1. The minimum atomic E-state index is -0.380. The first-order valence-electron chi connectivity index (χ1n) is 9.77. The van der Waals surface area contributed by atoms with Crippen molar-refractivity contribution in [2.24, 2.45) is 5.92 Å². The minimum absolute atomic E-state index is 0.138. The van der Waals surface area contributed by atoms with Crippen LogP contribution in [0.3, 0.4) is 0 Å². The van der Waals surface area contributed by atoms with E-state index >= 15 is 0 Å². The van der Waals surface area contributed by atoms with Crippen molar-refractivity contribution in [3.63, 3.8) is 0 Å². The Morgan fingerprint density at radius 3 is 2.24 bits per heavy atom. The van der Waals surface area contributed by atoms with Gasteiger partial charge in [0.2, 0.25) is 0 Å². The molecule has 6 heteroatoms. The predicted molar refractivity (Wildman–Crippen MR) is 111 cm³/mol. The van der Waals surface area contributed by atoms with Gasteiger partial charge in [-0.15, -0.1) is 0 Å². The maximum atomic E-state index is 13.2. The Hall–Kier alpha value is -3.15. The van der Waals surface area contributed by atoms with Gasteiger partial charge >= 0.3 is 0 Å². The van der Waals surface area contributed by atoms with Gasteiger partial charge in [0, 0.05) is 12.2 Å². The lowest BCUT2D eigenvalue weighted by molar-refractivity contribution is -0.137. The monoisotopic (exact) mass is 396 g/mol. The van der Waals surface area contributed by atoms with E-state index in [4.69, 9.17) is 4.74 Å². The SMILES string of the molecule is CCCOc1ccc(C2=C(Nc3ccc(F)cc3)C(=O)N(CC(C)C)C2=O)cc1. The number of carbonyl (C=O) groups excluding carboxylic acids is 2. The highest BCUT2D eigenvalue weighted by Gasteiger charge is 2.39. The Balaban J connectivity index is 1.98. The molecule has 1 heterocycles. The minimum Gasteiger partial charge on any atom is -0.494 e. The van der Waals surface area contributed by atoms with Crippen molar-refractivity contribution in [1.82, 2.24) is 4.90 Å². The number of imide groups is 1. The lowest BCUT2D eigenvalue weighted by Gasteiger charge is -2.17. The Bertz CT molecular complexity index is 918. The molecule has 0 aromatic heterocycles. The molecule has 0 saturated heterocycles. The molecule has 152 valence electrons. The summed E-state index contributed by atoms with van der Waals surface area (Å²) in [4.78, 5) is 27.3. The fourth-order valence-electron chi connectivity index (χ4n) is 3.11. The highest BCUT2D eigenvalue weighted by Crippen LogP contribution is 2.32. The summed E-state index contributed by atoms with van der Waals surface area (Å²) in [6.07, 6.45) is 0.899. The molecule has 0 fully saturated rings. The average Bonchev–Trinajstić information content (AvgIpc) is 2.92. The van der Waals surface area contributed by atoms with Crippen LogP contribution in [0.25, 0.3) is 5.57 Å². The van der Waals surface area contributed by atoms with Crippen molar-refractivity contribution in [2.45, 2.75) is 27.2 Å². The second-order valence-corrected chi connectivity index (χ2v) is 7.37. The topological polar surface area (TPSA) is 58.6 Å². The van der Waals surface area contributed by atoms with Gasteiger partial charge in [0.1, 0.15) is 17.3 Å². The van der Waals surface area contributed by atoms with Crippen molar-refractivity contribution in [3.05, 3.63) is 65.6 Å². The summed E-state index contributed by atoms with van der Waals surface area (Å²) < 4.78 is 18.8. The number of anilines is 1. The van der Waals surface area contributed by atoms with Crippen molar-refractivity contribution < 1.29 is 18.7 Å². The molecule has 1 aliphatic rings. The van der Waals surface area contributed by atoms with E-state index in [1.165, 1.54) is 29.2 Å². The number of carbonyl (C=O) groups is 2. The molecule has 0 radical (unpaired) electrons. The summed E-state index contributed by atoms with van der Waals surface area (Å²) in [5.74, 6) is -0.244. The van der Waals surface area contributed by atoms with Gasteiger partial charge in [-0.3, -0.25) is 14.5 Å². The highest BCUT2D eigenvalue weighted by molar-refractivity contribution is 6.36. The maximum Gasteiger partial charge on any atom is 0.278 e. The van der Waals surface area contributed by atoms with E-state index in [0.717, 1.165) is 6.42 Å². The van der Waals surface area contributed by atoms with Gasteiger partial charge < -0.3 is 10.1 Å². The molecule has 3 rings (SSSR count). The lowest BCUT2D eigenvalue weighted by atomic mass is 10.0. The van der Waals surface area contributed by atoms with E-state index in [1.54, 1.807) is 24.3 Å². The van der Waals surface area contributed by atoms with Crippen LogP contribution in [-0.2, 0) is 9.59 Å². The molecule has 0 bridgehead atoms. The number of halogens is 1. The summed E-state index contributed by atoms with van der Waals surface area (Å²) in [5, 5.41) is 3.02. The number of benzene rings is 2. The molecule has 29 heavy (non-hydrogen) atoms. The van der Waals surface area contributed by atoms with Crippen LogP contribution < -0.4 is 10.1 Å². The molecule has 0 saturated carbocycles. The van der Waals surface area contributed by atoms with E-state index in [2.05, 4.69) is 5.32 Å². The molecule has 2 aromatic carbocycles. The largest absolute Gasteiger partial charge is 0.494 e. The van der Waals surface area contributed by atoms with E-state index in [9.17, 15) is 14.0 Å². The van der Waals surface area contributed by atoms with Crippen molar-refractivity contribution >= 4 is 23.1 Å². The first-order valence-corrected chi connectivity index (χ1v) is 9.77. The van der Waals surface area contributed by atoms with Crippen molar-refractivity contribution in [2.75, 3.05) is 18.5 Å². The zero-order chi connectivity index (χ0) is 21.0. The third kappa shape index (κ3) is 4.65. The molecule has 1 aliphatic heterocycles. The van der Waals surface area contributed by atoms with Gasteiger partial charge in [0.15, 0.2) is 0 Å². The summed E-state index contributed by atoms with van der Waals surface area (Å²) in [7, 11) is 0. The Labute approximate surface area is 170 Å². The molecule has 1 N–H and O–H groups in total. The first-order chi connectivity index (χ1) is 13.9. The maximum absolute atomic E-state index is 13.2. The van der Waals surface area contributed by atoms with Gasteiger partial charge in [-0.25, -0.2) is 4.39 Å². The summed E-state index contributed by atoms with van der Waals surface area (Å²) in [6, 6.07) is 12.8. The quantitative estimate of drug-likeness (QED) is 0.669. The van der Waals surface area contributed by atoms with Gasteiger partial charge in [-0.2, -0.15) is 0 Å². The number of nitrogens with zero attached hydrogens (tertiary/aromatic N) is 1. The van der Waals surface area contributed by atoms with Crippen LogP contribution in [0.5, 0.6) is 5.75 Å². The van der Waals surface area contributed by atoms with Gasteiger partial charge in [-0.1, -0.05) is 32.9 Å². The molecule has 5 nitrogen and oxygen atoms in total. The van der Waals surface area contributed by atoms with E-state index in [0.29, 0.717) is 35.7 Å². The number of nitrogens with one attached hydrogen (secondary N) is 1. The van der Waals surface area contributed by atoms with E-state index in [1.807, 2.05) is 20.8 Å². The lowest BCUT2D eigenvalue weighted by Crippen LogP contribution is -2.35. The van der Waals surface area contributed by atoms with Crippen molar-refractivity contribution in [3.8, 4) is 5.75 Å². The van der Waals surface area contributed by atoms with Crippen LogP contribution in [0.4, 0.5) is 10.1 Å². The Kier molecular flexibility index (Phi) is 6.32. The predicted octanol–water partition coefficient (Wildman–Crippen LogP) is 4.46. The van der Waals surface area contributed by atoms with Crippen LogP contribution in [0, 0.1) is 11.7 Å². The van der Waals surface area contributed by atoms with Crippen LogP contribution >= 0.6 is 0 Å². The van der Waals surface area contributed by atoms with Crippen molar-refractivity contribution in [1.29, 1.82) is 0 Å². The number of rotatable bonds is 8. The molecule has 2 amide bonds. The normalized spacial score (nSPS) is 14.2. The second kappa shape index (κ2) is 8.90. The van der Waals surface area contributed by atoms with Gasteiger partial charge in [0.05, 0.1) is 12.2 Å². The number of ether oxygens (including phenoxy) is 1. The highest BCUT2D eigenvalue weighted by atomic mass is 19.1. The molecular formula is C23H25FN2O3. The van der Waals surface area contributed by atoms with Gasteiger partial charge in [-0.05, 0) is 54.3 Å². The fraction of sp³-hybridized carbons (Fsp3) is 0.304. The third-order valence-corrected chi connectivity index (χ3v) is 4.45. The molecule has 0 spiro atoms. The van der Waals surface area contributed by atoms with Crippen LogP contribution in [0.1, 0.15) is 32.8 Å². The zero-order valence-electron chi connectivity index (χ0n) is 16.9. The third-order valence-electron chi connectivity index (χ3n) is 4.45. The summed E-state index contributed by atoms with van der Waals surface area (Å²) in [6.45, 7) is 6.86. The Morgan fingerprint density at radius 2 is 1.66 bits per heavy atom. The number of hydrogen-bond acceptors (Lipinski definition) is 4. The molecule has 0 aliphatic carbocycles. The molecule has 0 unspecified atom stereocenters. The summed E-state index contributed by atoms with van der Waals surface area (Å²) >= 11 is 0. The van der Waals surface area contributed by atoms with Crippen LogP contribution in [0.2, 0.25) is 0 Å². The van der Waals surface area contributed by atoms with E-state index < -0.39 is 0 Å². The van der Waals surface area contributed by atoms with Gasteiger partial charge in [0.25, 0.3) is 11.8 Å². The first kappa shape index (κ1) is 20.6. The van der Waals surface area contributed by atoms with E-state index in [-0.39, 0.29) is 29.2 Å². The molecule has 0 atom stereocenters. The standard InChI is InChI=1S/C23H25FN2O3/c1-4-13-29-19-11-5-16(6-12-19)20-21(25-18-9-7-17(24)8-10-18)23(28)26(22(20)27)14-15(2)3/h5-12,15,25H,4,13-14H2,1-3H3. The average molecular weight is 396 g/mol. The Morgan fingerprint density at radius 1 is 1.00 bits per heavy atom. The van der Waals surface area contributed by atoms with Crippen LogP contribution in [0.15, 0.2) is 54.2 Å². The fourth-order valence-corrected chi connectivity index (χ4v) is 3.11. The summed E-state index contributed by atoms with van der Waals surface area (Å²) in [5.41, 5.74) is 1.67. The molecule has 2 aromatic rings. The zero-order valence-corrected chi connectivity index (χ0v) is 16.9. The smallest absolute Gasteiger partial charge is 0.278 e. The second-order valence-electron chi connectivity index (χ2n) is 7.37. The number of amides is 2. The van der Waals surface area contributed by atoms with Crippen LogP contribution in [-0.4, -0.2) is 29.9 Å². The molecular weight excluding hydrogens is 371 g/mol.